The van der Waals surface area contributed by atoms with E-state index in [2.05, 4.69) is 154 Å². The average Bonchev–Trinajstić information content (AvgIpc) is 3.85. The van der Waals surface area contributed by atoms with E-state index in [0.29, 0.717) is 11.4 Å². The Kier molecular flexibility index (Phi) is 8.86. The Hall–Kier alpha value is -8.35. The molecule has 6 nitrogen and oxygen atoms in total. The molecule has 0 unspecified atom stereocenters. The number of amidine groups is 2. The molecule has 0 saturated carbocycles. The van der Waals surface area contributed by atoms with Crippen molar-refractivity contribution in [2.24, 2.45) is 4.99 Å². The number of aromatic nitrogens is 3. The Morgan fingerprint density at radius 3 is 1.66 bits per heavy atom. The normalized spacial score (nSPS) is 11.8. The van der Waals surface area contributed by atoms with Crippen molar-refractivity contribution >= 4 is 55.3 Å². The van der Waals surface area contributed by atoms with Gasteiger partial charge >= 0.3 is 0 Å². The minimum absolute atomic E-state index is 0.148. The van der Waals surface area contributed by atoms with Gasteiger partial charge in [0.05, 0.1) is 33.5 Å². The molecule has 0 aliphatic heterocycles. The Balaban J connectivity index is 1.01. The van der Waals surface area contributed by atoms with E-state index in [4.69, 9.17) is 9.98 Å². The molecule has 0 spiro atoms. The van der Waals surface area contributed by atoms with E-state index in [0.717, 1.165) is 77.7 Å². The van der Waals surface area contributed by atoms with Crippen molar-refractivity contribution in [1.29, 1.82) is 5.41 Å². The van der Waals surface area contributed by atoms with Crippen LogP contribution in [0.4, 0.5) is 0 Å². The van der Waals surface area contributed by atoms with Gasteiger partial charge in [-0.05, 0) is 53.6 Å². The number of hydrogen-bond acceptors (Lipinski definition) is 2. The fraction of sp³-hybridized carbons (Fsp3) is 0. The van der Waals surface area contributed by atoms with Crippen molar-refractivity contribution < 1.29 is 0 Å². The van der Waals surface area contributed by atoms with Crippen molar-refractivity contribution in [3.63, 3.8) is 0 Å². The van der Waals surface area contributed by atoms with Gasteiger partial charge in [0.1, 0.15) is 0 Å². The van der Waals surface area contributed by atoms with Gasteiger partial charge in [-0.25, -0.2) is 9.98 Å². The van der Waals surface area contributed by atoms with Crippen molar-refractivity contribution in [2.45, 2.75) is 0 Å². The zero-order valence-corrected chi connectivity index (χ0v) is 33.1. The van der Waals surface area contributed by atoms with Crippen LogP contribution in [0.5, 0.6) is 0 Å². The van der Waals surface area contributed by atoms with E-state index >= 15 is 0 Å². The second-order valence-corrected chi connectivity index (χ2v) is 15.1. The van der Waals surface area contributed by atoms with Gasteiger partial charge in [0, 0.05) is 49.5 Å². The fourth-order valence-electron chi connectivity index (χ4n) is 8.54. The van der Waals surface area contributed by atoms with E-state index < -0.39 is 0 Å². The molecular weight excluding hydrogens is 745 g/mol. The minimum atomic E-state index is 0.148. The summed E-state index contributed by atoms with van der Waals surface area (Å²) < 4.78 is 4.50. The molecular formula is C55H38N6. The first-order valence-corrected chi connectivity index (χ1v) is 20.4. The van der Waals surface area contributed by atoms with Crippen LogP contribution in [0.1, 0.15) is 11.1 Å². The van der Waals surface area contributed by atoms with Crippen LogP contribution in [-0.2, 0) is 0 Å². The van der Waals surface area contributed by atoms with Crippen LogP contribution in [0.3, 0.4) is 0 Å². The van der Waals surface area contributed by atoms with Crippen molar-refractivity contribution in [1.82, 2.24) is 14.2 Å². The summed E-state index contributed by atoms with van der Waals surface area (Å²) in [6.45, 7) is 0. The van der Waals surface area contributed by atoms with Crippen LogP contribution in [0.2, 0.25) is 0 Å². The van der Waals surface area contributed by atoms with E-state index in [9.17, 15) is 5.41 Å². The molecule has 0 amide bonds. The second kappa shape index (κ2) is 15.1. The molecule has 0 atom stereocenters. The maximum Gasteiger partial charge on any atom is 0.154 e. The highest BCUT2D eigenvalue weighted by molar-refractivity contribution is 6.26. The van der Waals surface area contributed by atoms with E-state index in [1.165, 1.54) is 10.8 Å². The summed E-state index contributed by atoms with van der Waals surface area (Å²) in [6, 6.07) is 75.1. The predicted octanol–water partition coefficient (Wildman–Crippen LogP) is 13.3. The van der Waals surface area contributed by atoms with Gasteiger partial charge in [-0.2, -0.15) is 0 Å². The van der Waals surface area contributed by atoms with E-state index in [1.807, 2.05) is 78.9 Å². The Morgan fingerprint density at radius 1 is 0.443 bits per heavy atom. The number of hydrogen-bond donors (Lipinski definition) is 2. The predicted molar refractivity (Wildman–Crippen MR) is 253 cm³/mol. The first-order valence-electron chi connectivity index (χ1n) is 20.4. The van der Waals surface area contributed by atoms with Gasteiger partial charge in [-0.3, -0.25) is 15.5 Å². The number of aliphatic imine (C=N–C) groups is 1. The second-order valence-electron chi connectivity index (χ2n) is 15.1. The van der Waals surface area contributed by atoms with Gasteiger partial charge < -0.3 is 4.57 Å². The van der Waals surface area contributed by atoms with Crippen LogP contribution in [-0.4, -0.2) is 25.9 Å². The molecule has 8 aromatic carbocycles. The van der Waals surface area contributed by atoms with Gasteiger partial charge in [0.15, 0.2) is 11.7 Å². The number of para-hydroxylation sites is 3. The van der Waals surface area contributed by atoms with Crippen LogP contribution in [0.15, 0.2) is 223 Å². The standard InChI is InChI=1S/C55H38N6/c56-54(40-31-29-37(30-32-40)42-35-47(38-17-5-1-6-18-38)57-48(36-42)39-19-7-2-8-20-39)58-55(41-21-9-3-10-22-41)59-61-50-28-16-14-26-46(50)52-51(61)34-33-45-44-25-13-15-27-49(44)60(53(45)52)43-23-11-4-12-24-43/h1-36H,(H2,56,58,59). The third-order valence-corrected chi connectivity index (χ3v) is 11.4. The number of pyridine rings is 1. The third kappa shape index (κ3) is 6.44. The minimum Gasteiger partial charge on any atom is -0.309 e. The molecule has 0 fully saturated rings. The molecule has 61 heavy (non-hydrogen) atoms. The summed E-state index contributed by atoms with van der Waals surface area (Å²) in [7, 11) is 0. The summed E-state index contributed by atoms with van der Waals surface area (Å²) in [4.78, 5) is 10.1. The van der Waals surface area contributed by atoms with Crippen LogP contribution in [0.25, 0.3) is 82.9 Å². The fourth-order valence-corrected chi connectivity index (χ4v) is 8.54. The highest BCUT2D eigenvalue weighted by Gasteiger charge is 2.21. The molecule has 2 N–H and O–H groups in total. The number of benzene rings is 8. The van der Waals surface area contributed by atoms with Crippen molar-refractivity contribution in [3.05, 3.63) is 230 Å². The first-order chi connectivity index (χ1) is 30.2. The smallest absolute Gasteiger partial charge is 0.154 e. The highest BCUT2D eigenvalue weighted by atomic mass is 15.4. The SMILES string of the molecule is N=C(/N=C(\Nn1c2ccccc2c2c1ccc1c3ccccc3n(-c3ccccc3)c12)c1ccccc1)c1ccc(-c2cc(-c3ccccc3)nc(-c3ccccc3)c2)cc1. The molecule has 288 valence electrons. The van der Waals surface area contributed by atoms with Crippen molar-refractivity contribution in [2.75, 3.05) is 5.43 Å². The summed E-state index contributed by atoms with van der Waals surface area (Å²) >= 11 is 0. The lowest BCUT2D eigenvalue weighted by Crippen LogP contribution is -2.25. The molecule has 11 rings (SSSR count). The number of rotatable bonds is 7. The topological polar surface area (TPSA) is 71.0 Å². The lowest BCUT2D eigenvalue weighted by molar-refractivity contribution is 1.08. The highest BCUT2D eigenvalue weighted by Crippen LogP contribution is 2.40. The van der Waals surface area contributed by atoms with Crippen LogP contribution >= 0.6 is 0 Å². The number of fused-ring (bicyclic) bond motifs is 7. The lowest BCUT2D eigenvalue weighted by Gasteiger charge is -2.15. The Labute approximate surface area is 352 Å². The quantitative estimate of drug-likeness (QED) is 0.125. The van der Waals surface area contributed by atoms with Crippen LogP contribution in [0, 0.1) is 5.41 Å². The van der Waals surface area contributed by atoms with Gasteiger partial charge in [0.2, 0.25) is 0 Å². The third-order valence-electron chi connectivity index (χ3n) is 11.4. The lowest BCUT2D eigenvalue weighted by atomic mass is 9.99. The van der Waals surface area contributed by atoms with Crippen LogP contribution < -0.4 is 5.43 Å². The summed E-state index contributed by atoms with van der Waals surface area (Å²) in [5, 5.41) is 14.0. The molecule has 0 bridgehead atoms. The average molecular weight is 783 g/mol. The molecule has 0 aliphatic carbocycles. The Morgan fingerprint density at radius 2 is 1.00 bits per heavy atom. The summed E-state index contributed by atoms with van der Waals surface area (Å²) in [5.41, 5.74) is 16.7. The molecule has 11 aromatic rings. The maximum atomic E-state index is 9.38. The van der Waals surface area contributed by atoms with E-state index in [-0.39, 0.29) is 5.84 Å². The maximum absolute atomic E-state index is 9.38. The zero-order valence-electron chi connectivity index (χ0n) is 33.1. The first kappa shape index (κ1) is 35.8. The number of nitrogens with zero attached hydrogens (tertiary/aromatic N) is 4. The summed E-state index contributed by atoms with van der Waals surface area (Å²) in [6.07, 6.45) is 0. The molecule has 0 radical (unpaired) electrons. The molecule has 3 heterocycles. The summed E-state index contributed by atoms with van der Waals surface area (Å²) in [5.74, 6) is 0.713. The van der Waals surface area contributed by atoms with Gasteiger partial charge in [-0.1, -0.05) is 176 Å². The Bertz CT molecular complexity index is 3360. The molecule has 0 saturated heterocycles. The molecule has 3 aromatic heterocycles. The molecule has 6 heteroatoms. The molecule has 0 aliphatic rings. The van der Waals surface area contributed by atoms with Gasteiger partial charge in [-0.15, -0.1) is 0 Å². The van der Waals surface area contributed by atoms with E-state index in [1.54, 1.807) is 0 Å². The zero-order chi connectivity index (χ0) is 40.7. The largest absolute Gasteiger partial charge is 0.309 e. The van der Waals surface area contributed by atoms with Gasteiger partial charge in [0.25, 0.3) is 0 Å². The monoisotopic (exact) mass is 782 g/mol. The number of nitrogens with one attached hydrogen (secondary N) is 2. The van der Waals surface area contributed by atoms with Crippen molar-refractivity contribution in [3.8, 4) is 39.3 Å².